The molecule has 1 heterocycles. The lowest BCUT2D eigenvalue weighted by atomic mass is 9.80. The highest BCUT2D eigenvalue weighted by molar-refractivity contribution is 5.49. The van der Waals surface area contributed by atoms with Gasteiger partial charge in [0.15, 0.2) is 0 Å². The molecule has 1 saturated heterocycles. The van der Waals surface area contributed by atoms with Gasteiger partial charge in [0.1, 0.15) is 5.75 Å². The van der Waals surface area contributed by atoms with Gasteiger partial charge in [0.25, 0.3) is 0 Å². The van der Waals surface area contributed by atoms with Gasteiger partial charge in [-0.05, 0) is 48.7 Å². The van der Waals surface area contributed by atoms with Crippen molar-refractivity contribution in [3.05, 3.63) is 59.7 Å². The summed E-state index contributed by atoms with van der Waals surface area (Å²) >= 11 is 0. The zero-order valence-electron chi connectivity index (χ0n) is 18.4. The van der Waals surface area contributed by atoms with Gasteiger partial charge in [-0.15, -0.1) is 0 Å². The molecular formula is C25H31F3N2O2. The molecule has 0 radical (unpaired) electrons. The van der Waals surface area contributed by atoms with Crippen molar-refractivity contribution in [1.82, 2.24) is 4.90 Å². The number of ether oxygens (including phenoxy) is 1. The lowest BCUT2D eigenvalue weighted by Gasteiger charge is -2.41. The summed E-state index contributed by atoms with van der Waals surface area (Å²) in [5.74, 6) is 0.753. The Kier molecular flexibility index (Phi) is 6.67. The lowest BCUT2D eigenvalue weighted by molar-refractivity contribution is -0.137. The van der Waals surface area contributed by atoms with Crippen molar-refractivity contribution < 1.29 is 23.0 Å². The number of halogens is 3. The van der Waals surface area contributed by atoms with Crippen molar-refractivity contribution >= 4 is 5.69 Å². The van der Waals surface area contributed by atoms with E-state index in [0.29, 0.717) is 18.8 Å². The molecule has 1 atom stereocenters. The van der Waals surface area contributed by atoms with Gasteiger partial charge in [0.05, 0.1) is 18.3 Å². The maximum Gasteiger partial charge on any atom is 0.416 e. The Morgan fingerprint density at radius 1 is 1.00 bits per heavy atom. The maximum atomic E-state index is 13.1. The third kappa shape index (κ3) is 5.04. The standard InChI is InChI=1S/C25H31F3N2O2/c1-32-22-9-4-6-19(16-22)23(24(31)10-2-3-11-24)18-29-12-14-30(15-13-29)21-8-5-7-20(17-21)25(26,27)28/h4-9,16-17,23,31H,2-3,10-15,18H2,1H3. The fourth-order valence-electron chi connectivity index (χ4n) is 5.11. The van der Waals surface area contributed by atoms with Gasteiger partial charge in [0, 0.05) is 44.3 Å². The van der Waals surface area contributed by atoms with E-state index in [9.17, 15) is 18.3 Å². The summed E-state index contributed by atoms with van der Waals surface area (Å²) in [5.41, 5.74) is 0.344. The topological polar surface area (TPSA) is 35.9 Å². The molecule has 174 valence electrons. The molecular weight excluding hydrogens is 417 g/mol. The second kappa shape index (κ2) is 9.32. The molecule has 2 aliphatic rings. The van der Waals surface area contributed by atoms with E-state index in [1.54, 1.807) is 13.2 Å². The summed E-state index contributed by atoms with van der Waals surface area (Å²) in [4.78, 5) is 4.33. The zero-order chi connectivity index (χ0) is 22.8. The first-order valence-corrected chi connectivity index (χ1v) is 11.3. The van der Waals surface area contributed by atoms with E-state index in [-0.39, 0.29) is 5.92 Å². The number of rotatable bonds is 6. The van der Waals surface area contributed by atoms with Gasteiger partial charge in [0.2, 0.25) is 0 Å². The van der Waals surface area contributed by atoms with E-state index in [0.717, 1.165) is 62.7 Å². The third-order valence-corrected chi connectivity index (χ3v) is 6.97. The summed E-state index contributed by atoms with van der Waals surface area (Å²) in [7, 11) is 1.64. The Balaban J connectivity index is 1.46. The van der Waals surface area contributed by atoms with Gasteiger partial charge in [-0.1, -0.05) is 31.0 Å². The molecule has 4 rings (SSSR count). The number of piperazine rings is 1. The summed E-state index contributed by atoms with van der Waals surface area (Å²) in [5, 5.41) is 11.5. The molecule has 1 N–H and O–H groups in total. The maximum absolute atomic E-state index is 13.1. The Morgan fingerprint density at radius 3 is 2.34 bits per heavy atom. The minimum atomic E-state index is -4.33. The van der Waals surface area contributed by atoms with Crippen LogP contribution in [0, 0.1) is 0 Å². The number of anilines is 1. The van der Waals surface area contributed by atoms with Crippen molar-refractivity contribution in [2.24, 2.45) is 0 Å². The van der Waals surface area contributed by atoms with Gasteiger partial charge >= 0.3 is 6.18 Å². The molecule has 1 aliphatic carbocycles. The zero-order valence-corrected chi connectivity index (χ0v) is 18.4. The third-order valence-electron chi connectivity index (χ3n) is 6.97. The average Bonchev–Trinajstić information content (AvgIpc) is 3.24. The van der Waals surface area contributed by atoms with Crippen molar-refractivity contribution in [3.63, 3.8) is 0 Å². The van der Waals surface area contributed by atoms with Crippen LogP contribution in [-0.4, -0.2) is 55.4 Å². The fourth-order valence-corrected chi connectivity index (χ4v) is 5.11. The van der Waals surface area contributed by atoms with Crippen LogP contribution in [0.3, 0.4) is 0 Å². The second-order valence-corrected chi connectivity index (χ2v) is 8.98. The molecule has 2 fully saturated rings. The van der Waals surface area contributed by atoms with Gasteiger partial charge in [-0.3, -0.25) is 4.90 Å². The van der Waals surface area contributed by atoms with E-state index in [4.69, 9.17) is 4.74 Å². The first-order chi connectivity index (χ1) is 15.3. The molecule has 0 bridgehead atoms. The van der Waals surface area contributed by atoms with Crippen LogP contribution in [-0.2, 0) is 6.18 Å². The predicted molar refractivity (Wildman–Crippen MR) is 119 cm³/mol. The molecule has 7 heteroatoms. The number of alkyl halides is 3. The highest BCUT2D eigenvalue weighted by Gasteiger charge is 2.41. The van der Waals surface area contributed by atoms with E-state index < -0.39 is 17.3 Å². The van der Waals surface area contributed by atoms with Gasteiger partial charge in [-0.2, -0.15) is 13.2 Å². The van der Waals surface area contributed by atoms with Crippen LogP contribution in [0.15, 0.2) is 48.5 Å². The number of hydrogen-bond donors (Lipinski definition) is 1. The summed E-state index contributed by atoms with van der Waals surface area (Å²) in [6.45, 7) is 3.52. The summed E-state index contributed by atoms with van der Waals surface area (Å²) in [6, 6.07) is 13.5. The van der Waals surface area contributed by atoms with Crippen LogP contribution in [0.2, 0.25) is 0 Å². The highest BCUT2D eigenvalue weighted by Crippen LogP contribution is 2.42. The molecule has 4 nitrogen and oxygen atoms in total. The Hall–Kier alpha value is -2.25. The van der Waals surface area contributed by atoms with Crippen LogP contribution in [0.5, 0.6) is 5.75 Å². The first kappa shape index (κ1) is 22.9. The Bertz CT molecular complexity index is 904. The van der Waals surface area contributed by atoms with Gasteiger partial charge in [-0.25, -0.2) is 0 Å². The Labute approximate surface area is 187 Å². The highest BCUT2D eigenvalue weighted by atomic mass is 19.4. The van der Waals surface area contributed by atoms with Crippen molar-refractivity contribution in [2.75, 3.05) is 44.7 Å². The molecule has 0 spiro atoms. The average molecular weight is 449 g/mol. The Morgan fingerprint density at radius 2 is 1.69 bits per heavy atom. The number of hydrogen-bond acceptors (Lipinski definition) is 4. The lowest BCUT2D eigenvalue weighted by Crippen LogP contribution is -2.50. The number of nitrogens with zero attached hydrogens (tertiary/aromatic N) is 2. The van der Waals surface area contributed by atoms with E-state index in [2.05, 4.69) is 11.0 Å². The predicted octanol–water partition coefficient (Wildman–Crippen LogP) is 4.92. The monoisotopic (exact) mass is 448 g/mol. The van der Waals surface area contributed by atoms with Crippen LogP contribution in [0.25, 0.3) is 0 Å². The van der Waals surface area contributed by atoms with Crippen LogP contribution in [0.4, 0.5) is 18.9 Å². The molecule has 0 aromatic heterocycles. The molecule has 2 aromatic rings. The minimum absolute atomic E-state index is 0.0276. The van der Waals surface area contributed by atoms with E-state index in [1.165, 1.54) is 12.1 Å². The number of methoxy groups -OCH3 is 1. The van der Waals surface area contributed by atoms with Crippen molar-refractivity contribution in [1.29, 1.82) is 0 Å². The fraction of sp³-hybridized carbons (Fsp3) is 0.520. The SMILES string of the molecule is COc1cccc(C(CN2CCN(c3cccc(C(F)(F)F)c3)CC2)C2(O)CCCC2)c1. The van der Waals surface area contributed by atoms with Crippen LogP contribution >= 0.6 is 0 Å². The summed E-state index contributed by atoms with van der Waals surface area (Å²) < 4.78 is 44.6. The molecule has 2 aromatic carbocycles. The normalized spacial score (nSPS) is 20.3. The smallest absolute Gasteiger partial charge is 0.416 e. The number of aliphatic hydroxyl groups is 1. The second-order valence-electron chi connectivity index (χ2n) is 8.98. The molecule has 1 saturated carbocycles. The van der Waals surface area contributed by atoms with E-state index in [1.807, 2.05) is 23.1 Å². The molecule has 32 heavy (non-hydrogen) atoms. The first-order valence-electron chi connectivity index (χ1n) is 11.3. The van der Waals surface area contributed by atoms with Crippen molar-refractivity contribution in [3.8, 4) is 5.75 Å². The largest absolute Gasteiger partial charge is 0.497 e. The molecule has 0 amide bonds. The van der Waals surface area contributed by atoms with E-state index >= 15 is 0 Å². The molecule has 1 unspecified atom stereocenters. The van der Waals surface area contributed by atoms with Crippen LogP contribution < -0.4 is 9.64 Å². The minimum Gasteiger partial charge on any atom is -0.497 e. The molecule has 1 aliphatic heterocycles. The summed E-state index contributed by atoms with van der Waals surface area (Å²) in [6.07, 6.45) is -0.697. The van der Waals surface area contributed by atoms with Gasteiger partial charge < -0.3 is 14.7 Å². The number of benzene rings is 2. The quantitative estimate of drug-likeness (QED) is 0.680. The van der Waals surface area contributed by atoms with Crippen molar-refractivity contribution in [2.45, 2.75) is 43.4 Å². The van der Waals surface area contributed by atoms with Crippen LogP contribution in [0.1, 0.15) is 42.7 Å².